The second kappa shape index (κ2) is 13.2. The van der Waals surface area contributed by atoms with E-state index in [0.717, 1.165) is 34.5 Å². The first-order valence-corrected chi connectivity index (χ1v) is 12.8. The lowest BCUT2D eigenvalue weighted by molar-refractivity contribution is -0.139. The molecule has 1 aromatic heterocycles. The summed E-state index contributed by atoms with van der Waals surface area (Å²) in [5.41, 5.74) is 5.28. The molecule has 1 atom stereocenters. The van der Waals surface area contributed by atoms with Gasteiger partial charge in [-0.3, -0.25) is 4.79 Å². The van der Waals surface area contributed by atoms with E-state index >= 15 is 0 Å². The van der Waals surface area contributed by atoms with Crippen molar-refractivity contribution in [2.75, 3.05) is 6.61 Å². The summed E-state index contributed by atoms with van der Waals surface area (Å²) >= 11 is 0. The molecule has 0 fully saturated rings. The third kappa shape index (κ3) is 7.80. The summed E-state index contributed by atoms with van der Waals surface area (Å²) in [5.74, 6) is -0.498. The fraction of sp³-hybridized carbons (Fsp3) is 0.258. The Bertz CT molecular complexity index is 1310. The molecule has 3 aromatic carbocycles. The lowest BCUT2D eigenvalue weighted by Crippen LogP contribution is -2.18. The average Bonchev–Trinajstić information content (AvgIpc) is 3.41. The predicted molar refractivity (Wildman–Crippen MR) is 148 cm³/mol. The Morgan fingerprint density at radius 3 is 2.39 bits per heavy atom. The second-order valence-corrected chi connectivity index (χ2v) is 9.44. The highest BCUT2D eigenvalue weighted by Crippen LogP contribution is 2.18. The molecule has 0 saturated heterocycles. The molecular weight excluding hydrogens is 478 g/mol. The van der Waals surface area contributed by atoms with Gasteiger partial charge in [0.05, 0.1) is 30.6 Å². The molecule has 0 aliphatic heterocycles. The van der Waals surface area contributed by atoms with Crippen LogP contribution in [0.2, 0.25) is 0 Å². The molecule has 7 nitrogen and oxygen atoms in total. The lowest BCUT2D eigenvalue weighted by Gasteiger charge is -2.09. The predicted octanol–water partition coefficient (Wildman–Crippen LogP) is 6.06. The van der Waals surface area contributed by atoms with Gasteiger partial charge in [0.2, 0.25) is 0 Å². The molecule has 0 radical (unpaired) electrons. The van der Waals surface area contributed by atoms with Crippen LogP contribution in [0.4, 0.5) is 0 Å². The van der Waals surface area contributed by atoms with Crippen LogP contribution in [0.25, 0.3) is 5.69 Å². The highest BCUT2D eigenvalue weighted by atomic mass is 16.6. The van der Waals surface area contributed by atoms with Crippen molar-refractivity contribution in [2.24, 2.45) is 11.1 Å². The number of rotatable bonds is 13. The van der Waals surface area contributed by atoms with E-state index in [9.17, 15) is 9.90 Å². The van der Waals surface area contributed by atoms with E-state index in [0.29, 0.717) is 25.6 Å². The third-order valence-electron chi connectivity index (χ3n) is 6.21. The van der Waals surface area contributed by atoms with E-state index in [1.165, 1.54) is 11.8 Å². The molecule has 0 bridgehead atoms. The Morgan fingerprint density at radius 2 is 1.71 bits per heavy atom. The van der Waals surface area contributed by atoms with Crippen LogP contribution in [0.15, 0.2) is 96.4 Å². The normalized spacial score (nSPS) is 12.1. The molecule has 196 valence electrons. The molecule has 0 aliphatic carbocycles. The van der Waals surface area contributed by atoms with Gasteiger partial charge < -0.3 is 14.7 Å². The number of benzene rings is 3. The van der Waals surface area contributed by atoms with Gasteiger partial charge in [-0.05, 0) is 58.9 Å². The number of oxime groups is 1. The van der Waals surface area contributed by atoms with Crippen molar-refractivity contribution < 1.29 is 19.5 Å². The first-order valence-electron chi connectivity index (χ1n) is 12.8. The van der Waals surface area contributed by atoms with E-state index in [-0.39, 0.29) is 0 Å². The Labute approximate surface area is 223 Å². The second-order valence-electron chi connectivity index (χ2n) is 9.44. The first-order chi connectivity index (χ1) is 18.5. The number of hydrogen-bond donors (Lipinski definition) is 1. The number of carboxylic acids is 1. The van der Waals surface area contributed by atoms with Gasteiger partial charge in [-0.25, -0.2) is 4.68 Å². The summed E-state index contributed by atoms with van der Waals surface area (Å²) in [5, 5.41) is 17.9. The fourth-order valence-corrected chi connectivity index (χ4v) is 3.91. The first kappa shape index (κ1) is 26.7. The fourth-order valence-electron chi connectivity index (χ4n) is 3.91. The minimum atomic E-state index is -0.950. The molecule has 4 rings (SSSR count). The van der Waals surface area contributed by atoms with Crippen LogP contribution in [0.3, 0.4) is 0 Å². The van der Waals surface area contributed by atoms with Crippen LogP contribution in [0.1, 0.15) is 42.0 Å². The average molecular weight is 512 g/mol. The van der Waals surface area contributed by atoms with Gasteiger partial charge in [0.1, 0.15) is 12.4 Å². The molecule has 0 spiro atoms. The zero-order valence-corrected chi connectivity index (χ0v) is 21.7. The Hall–Kier alpha value is -4.39. The van der Waals surface area contributed by atoms with Gasteiger partial charge in [-0.2, -0.15) is 5.10 Å². The van der Waals surface area contributed by atoms with E-state index in [4.69, 9.17) is 9.57 Å². The maximum absolute atomic E-state index is 11.7. The van der Waals surface area contributed by atoms with Crippen molar-refractivity contribution in [3.8, 4) is 11.4 Å². The Balaban J connectivity index is 1.23. The van der Waals surface area contributed by atoms with Crippen LogP contribution in [0.5, 0.6) is 5.75 Å². The highest BCUT2D eigenvalue weighted by Gasteiger charge is 2.16. The van der Waals surface area contributed by atoms with Gasteiger partial charge >= 0.3 is 5.97 Å². The van der Waals surface area contributed by atoms with E-state index < -0.39 is 11.9 Å². The molecular formula is C31H33N3O4. The summed E-state index contributed by atoms with van der Waals surface area (Å²) in [6.07, 6.45) is 6.26. The van der Waals surface area contributed by atoms with Gasteiger partial charge in [0.15, 0.2) is 0 Å². The quantitative estimate of drug-likeness (QED) is 0.174. The monoisotopic (exact) mass is 511 g/mol. The number of aliphatic carboxylic acids is 1. The number of hydrogen-bond acceptors (Lipinski definition) is 5. The minimum absolute atomic E-state index is 0.294. The molecule has 1 unspecified atom stereocenters. The molecule has 0 aliphatic rings. The van der Waals surface area contributed by atoms with Crippen molar-refractivity contribution in [2.45, 2.75) is 39.2 Å². The topological polar surface area (TPSA) is 85.9 Å². The lowest BCUT2D eigenvalue weighted by atomic mass is 10.0. The smallest absolute Gasteiger partial charge is 0.312 e. The Kier molecular flexibility index (Phi) is 9.29. The number of carbonyl (C=O) groups is 1. The van der Waals surface area contributed by atoms with Crippen molar-refractivity contribution in [3.63, 3.8) is 0 Å². The molecule has 7 heteroatoms. The molecule has 1 N–H and O–H groups in total. The minimum Gasteiger partial charge on any atom is -0.493 e. The number of carboxylic acid groups (broad SMARTS) is 1. The standard InChI is InChI=1S/C31H33N3O4/c1-23(2)27-10-12-29(13-11-27)34-21-26(19-32-34)16-17-37-30-14-8-24(9-15-30)18-28(31(35)36)20-33-38-22-25-6-4-3-5-7-25/h3-15,19-21,23,28H,16-18,22H2,1-2H3,(H,35,36). The van der Waals surface area contributed by atoms with Crippen LogP contribution in [-0.2, 0) is 29.1 Å². The van der Waals surface area contributed by atoms with Gasteiger partial charge in [-0.1, -0.05) is 73.6 Å². The van der Waals surface area contributed by atoms with Crippen LogP contribution in [-0.4, -0.2) is 33.7 Å². The van der Waals surface area contributed by atoms with Gasteiger partial charge in [-0.15, -0.1) is 0 Å². The van der Waals surface area contributed by atoms with Gasteiger partial charge in [0.25, 0.3) is 0 Å². The third-order valence-corrected chi connectivity index (χ3v) is 6.21. The molecule has 4 aromatic rings. The highest BCUT2D eigenvalue weighted by molar-refractivity contribution is 5.88. The van der Waals surface area contributed by atoms with Crippen molar-refractivity contribution in [1.29, 1.82) is 0 Å². The summed E-state index contributed by atoms with van der Waals surface area (Å²) < 4.78 is 7.77. The summed E-state index contributed by atoms with van der Waals surface area (Å²) in [6, 6.07) is 25.5. The van der Waals surface area contributed by atoms with Crippen molar-refractivity contribution in [1.82, 2.24) is 9.78 Å². The number of aromatic nitrogens is 2. The summed E-state index contributed by atoms with van der Waals surface area (Å²) in [4.78, 5) is 16.9. The van der Waals surface area contributed by atoms with Crippen molar-refractivity contribution in [3.05, 3.63) is 114 Å². The number of ether oxygens (including phenoxy) is 1. The maximum Gasteiger partial charge on any atom is 0.312 e. The summed E-state index contributed by atoms with van der Waals surface area (Å²) in [6.45, 7) is 5.17. The maximum atomic E-state index is 11.7. The molecule has 0 amide bonds. The SMILES string of the molecule is CC(C)c1ccc(-n2cc(CCOc3ccc(CC(C=NOCc4ccccc4)C(=O)O)cc3)cn2)cc1. The van der Waals surface area contributed by atoms with Crippen LogP contribution >= 0.6 is 0 Å². The summed E-state index contributed by atoms with van der Waals surface area (Å²) in [7, 11) is 0. The zero-order chi connectivity index (χ0) is 26.7. The van der Waals surface area contributed by atoms with E-state index in [1.54, 1.807) is 0 Å². The largest absolute Gasteiger partial charge is 0.493 e. The number of nitrogens with zero attached hydrogens (tertiary/aromatic N) is 3. The molecule has 1 heterocycles. The zero-order valence-electron chi connectivity index (χ0n) is 21.7. The van der Waals surface area contributed by atoms with E-state index in [1.807, 2.05) is 71.7 Å². The van der Waals surface area contributed by atoms with Gasteiger partial charge in [0, 0.05) is 12.6 Å². The van der Waals surface area contributed by atoms with Crippen LogP contribution < -0.4 is 4.74 Å². The van der Waals surface area contributed by atoms with Crippen LogP contribution in [0, 0.1) is 5.92 Å². The van der Waals surface area contributed by atoms with E-state index in [2.05, 4.69) is 48.4 Å². The molecule has 0 saturated carbocycles. The molecule has 38 heavy (non-hydrogen) atoms. The van der Waals surface area contributed by atoms with Crippen molar-refractivity contribution >= 4 is 12.2 Å². The Morgan fingerprint density at radius 1 is 0.974 bits per heavy atom.